The van der Waals surface area contributed by atoms with E-state index in [0.717, 1.165) is 51.1 Å². The molecule has 2 N–H and O–H groups in total. The molecule has 3 heterocycles. The van der Waals surface area contributed by atoms with Gasteiger partial charge in [0.25, 0.3) is 11.5 Å². The van der Waals surface area contributed by atoms with Crippen molar-refractivity contribution in [2.75, 3.05) is 19.6 Å². The van der Waals surface area contributed by atoms with Gasteiger partial charge in [0.1, 0.15) is 5.82 Å². The molecule has 1 amide bonds. The van der Waals surface area contributed by atoms with E-state index in [0.29, 0.717) is 28.9 Å². The van der Waals surface area contributed by atoms with E-state index in [2.05, 4.69) is 15.6 Å². The predicted molar refractivity (Wildman–Crippen MR) is 99.5 cm³/mol. The Morgan fingerprint density at radius 3 is 2.88 bits per heavy atom. The second-order valence-corrected chi connectivity index (χ2v) is 6.76. The molecule has 0 radical (unpaired) electrons. The van der Waals surface area contributed by atoms with E-state index in [1.54, 1.807) is 22.8 Å². The van der Waals surface area contributed by atoms with Crippen molar-refractivity contribution in [1.82, 2.24) is 20.2 Å². The second-order valence-electron chi connectivity index (χ2n) is 6.76. The molecule has 134 valence electrons. The third-order valence-electron chi connectivity index (χ3n) is 5.00. The highest BCUT2D eigenvalue weighted by atomic mass is 35.5. The highest BCUT2D eigenvalue weighted by Gasteiger charge is 2.18. The highest BCUT2D eigenvalue weighted by Crippen LogP contribution is 2.16. The maximum Gasteiger partial charge on any atom is 0.261 e. The molecular weight excluding hydrogens is 340 g/mol. The summed E-state index contributed by atoms with van der Waals surface area (Å²) < 4.78 is 1.80. The fourth-order valence-corrected chi connectivity index (χ4v) is 3.39. The average Bonchev–Trinajstić information content (AvgIpc) is 2.78. The molecule has 1 saturated heterocycles. The van der Waals surface area contributed by atoms with Crippen molar-refractivity contribution < 1.29 is 4.79 Å². The summed E-state index contributed by atoms with van der Waals surface area (Å²) in [5.41, 5.74) is 1.22. The Kier molecular flexibility index (Phi) is 5.39. The molecular formula is C18H23ClN4O2. The zero-order valence-corrected chi connectivity index (χ0v) is 14.9. The van der Waals surface area contributed by atoms with Gasteiger partial charge in [0.2, 0.25) is 0 Å². The average molecular weight is 363 g/mol. The lowest BCUT2D eigenvalue weighted by Gasteiger charge is -2.27. The Hall–Kier alpha value is -1.92. The van der Waals surface area contributed by atoms with E-state index in [1.165, 1.54) is 0 Å². The fourth-order valence-electron chi connectivity index (χ4n) is 3.39. The Balaban J connectivity index is 0.00000182. The van der Waals surface area contributed by atoms with Crippen LogP contribution in [0.25, 0.3) is 10.9 Å². The highest BCUT2D eigenvalue weighted by molar-refractivity contribution is 5.97. The molecule has 4 rings (SSSR count). The van der Waals surface area contributed by atoms with Crippen LogP contribution in [0.1, 0.15) is 35.4 Å². The van der Waals surface area contributed by atoms with Crippen molar-refractivity contribution in [2.45, 2.75) is 32.2 Å². The number of aromatic nitrogens is 2. The van der Waals surface area contributed by atoms with Gasteiger partial charge in [-0.3, -0.25) is 14.2 Å². The maximum atomic E-state index is 12.7. The molecule has 6 nitrogen and oxygen atoms in total. The topological polar surface area (TPSA) is 76.0 Å². The number of aryl methyl sites for hydroxylation is 1. The summed E-state index contributed by atoms with van der Waals surface area (Å²) in [6.45, 7) is 3.35. The summed E-state index contributed by atoms with van der Waals surface area (Å²) in [7, 11) is 0. The number of rotatable bonds is 3. The van der Waals surface area contributed by atoms with E-state index < -0.39 is 0 Å². The third kappa shape index (κ3) is 3.55. The Morgan fingerprint density at radius 2 is 2.12 bits per heavy atom. The van der Waals surface area contributed by atoms with Crippen LogP contribution in [0.2, 0.25) is 0 Å². The summed E-state index contributed by atoms with van der Waals surface area (Å²) in [6, 6.07) is 5.21. The molecule has 0 bridgehead atoms. The molecule has 25 heavy (non-hydrogen) atoms. The van der Waals surface area contributed by atoms with Crippen molar-refractivity contribution in [1.29, 1.82) is 0 Å². The minimum Gasteiger partial charge on any atom is -0.352 e. The minimum absolute atomic E-state index is 0. The summed E-state index contributed by atoms with van der Waals surface area (Å²) >= 11 is 0. The predicted octanol–water partition coefficient (Wildman–Crippen LogP) is 1.49. The molecule has 1 fully saturated rings. The second kappa shape index (κ2) is 7.54. The van der Waals surface area contributed by atoms with Crippen molar-refractivity contribution >= 4 is 29.2 Å². The molecule has 7 heteroatoms. The van der Waals surface area contributed by atoms with Gasteiger partial charge in [-0.2, -0.15) is 0 Å². The lowest BCUT2D eigenvalue weighted by Crippen LogP contribution is -2.48. The van der Waals surface area contributed by atoms with Crippen LogP contribution in [0.4, 0.5) is 0 Å². The van der Waals surface area contributed by atoms with Gasteiger partial charge in [-0.15, -0.1) is 12.4 Å². The zero-order chi connectivity index (χ0) is 16.5. The van der Waals surface area contributed by atoms with E-state index in [-0.39, 0.29) is 23.9 Å². The lowest BCUT2D eigenvalue weighted by atomic mass is 10.0. The minimum atomic E-state index is -0.0966. The Bertz CT molecular complexity index is 845. The van der Waals surface area contributed by atoms with Gasteiger partial charge in [-0.05, 0) is 31.0 Å². The quantitative estimate of drug-likeness (QED) is 0.867. The lowest BCUT2D eigenvalue weighted by molar-refractivity contribution is 0.0942. The van der Waals surface area contributed by atoms with Crippen LogP contribution < -0.4 is 16.2 Å². The van der Waals surface area contributed by atoms with Crippen LogP contribution in [0.15, 0.2) is 23.0 Å². The van der Waals surface area contributed by atoms with Gasteiger partial charge < -0.3 is 10.6 Å². The van der Waals surface area contributed by atoms with E-state index >= 15 is 0 Å². The number of hydrogen-bond acceptors (Lipinski definition) is 4. The first-order valence-electron chi connectivity index (χ1n) is 8.75. The number of nitrogens with zero attached hydrogens (tertiary/aromatic N) is 2. The molecule has 2 aliphatic rings. The number of nitrogens with one attached hydrogen (secondary N) is 2. The fraction of sp³-hybridized carbons (Fsp3) is 0.500. The summed E-state index contributed by atoms with van der Waals surface area (Å²) in [5, 5.41) is 6.75. The first-order chi connectivity index (χ1) is 11.7. The van der Waals surface area contributed by atoms with Crippen LogP contribution in [-0.4, -0.2) is 35.1 Å². The number of hydrogen-bond donors (Lipinski definition) is 2. The number of fused-ring (bicyclic) bond motifs is 2. The molecule has 2 aliphatic heterocycles. The van der Waals surface area contributed by atoms with Crippen LogP contribution >= 0.6 is 12.4 Å². The molecule has 0 spiro atoms. The summed E-state index contributed by atoms with van der Waals surface area (Å²) in [4.78, 5) is 29.7. The van der Waals surface area contributed by atoms with E-state index in [9.17, 15) is 9.59 Å². The van der Waals surface area contributed by atoms with Crippen LogP contribution in [0.5, 0.6) is 0 Å². The summed E-state index contributed by atoms with van der Waals surface area (Å²) in [5.74, 6) is 1.27. The normalized spacial score (nSPS) is 17.1. The van der Waals surface area contributed by atoms with Crippen molar-refractivity contribution in [3.05, 3.63) is 39.9 Å². The van der Waals surface area contributed by atoms with Gasteiger partial charge in [0, 0.05) is 44.1 Å². The van der Waals surface area contributed by atoms with Crippen molar-refractivity contribution in [3.8, 4) is 0 Å². The molecule has 0 unspecified atom stereocenters. The smallest absolute Gasteiger partial charge is 0.261 e. The van der Waals surface area contributed by atoms with Gasteiger partial charge in [0.05, 0.1) is 10.9 Å². The number of benzene rings is 1. The van der Waals surface area contributed by atoms with Gasteiger partial charge >= 0.3 is 0 Å². The molecule has 0 saturated carbocycles. The first-order valence-corrected chi connectivity index (χ1v) is 8.75. The van der Waals surface area contributed by atoms with Gasteiger partial charge in [0.15, 0.2) is 0 Å². The largest absolute Gasteiger partial charge is 0.352 e. The number of carbonyl (C=O) groups is 1. The van der Waals surface area contributed by atoms with Gasteiger partial charge in [-0.25, -0.2) is 4.98 Å². The van der Waals surface area contributed by atoms with Crippen LogP contribution in [0.3, 0.4) is 0 Å². The van der Waals surface area contributed by atoms with Crippen LogP contribution in [-0.2, 0) is 13.0 Å². The maximum absolute atomic E-state index is 12.7. The van der Waals surface area contributed by atoms with Crippen LogP contribution in [0, 0.1) is 5.92 Å². The zero-order valence-electron chi connectivity index (χ0n) is 14.1. The third-order valence-corrected chi connectivity index (χ3v) is 5.00. The van der Waals surface area contributed by atoms with Crippen molar-refractivity contribution in [2.24, 2.45) is 5.92 Å². The molecule has 0 atom stereocenters. The standard InChI is InChI=1S/C18H22N4O2.ClH/c23-17(20-11-12-9-19-10-12)13-5-6-14-15(8-13)21-16-4-2-1-3-7-22(16)18(14)24;/h5-6,8,12,19H,1-4,7,9-11H2,(H,20,23);1H. The van der Waals surface area contributed by atoms with Gasteiger partial charge in [-0.1, -0.05) is 6.42 Å². The van der Waals surface area contributed by atoms with Crippen molar-refractivity contribution in [3.63, 3.8) is 0 Å². The molecule has 1 aromatic heterocycles. The molecule has 0 aliphatic carbocycles. The molecule has 1 aromatic carbocycles. The summed E-state index contributed by atoms with van der Waals surface area (Å²) in [6.07, 6.45) is 4.04. The SMILES string of the molecule is Cl.O=C(NCC1CNC1)c1ccc2c(=O)n3c(nc2c1)CCCCC3. The Morgan fingerprint density at radius 1 is 1.28 bits per heavy atom. The number of amides is 1. The van der Waals surface area contributed by atoms with E-state index in [4.69, 9.17) is 0 Å². The monoisotopic (exact) mass is 362 g/mol. The number of halogens is 1. The molecule has 2 aromatic rings. The Labute approximate surface area is 152 Å². The first kappa shape index (κ1) is 17.9. The van der Waals surface area contributed by atoms with E-state index in [1.807, 2.05) is 0 Å². The number of carbonyl (C=O) groups excluding carboxylic acids is 1.